The van der Waals surface area contributed by atoms with Gasteiger partial charge in [-0.05, 0) is 41.1 Å². The van der Waals surface area contributed by atoms with Crippen LogP contribution in [0.15, 0.2) is 35.7 Å². The first-order chi connectivity index (χ1) is 12.5. The van der Waals surface area contributed by atoms with Gasteiger partial charge in [0.1, 0.15) is 5.75 Å². The molecular formula is C21H27NO3S. The highest BCUT2D eigenvalue weighted by Gasteiger charge is 2.11. The van der Waals surface area contributed by atoms with Gasteiger partial charge < -0.3 is 9.64 Å². The molecule has 0 aliphatic carbocycles. The number of benzene rings is 1. The zero-order valence-electron chi connectivity index (χ0n) is 15.8. The van der Waals surface area contributed by atoms with Gasteiger partial charge in [-0.2, -0.15) is 0 Å². The van der Waals surface area contributed by atoms with Crippen LogP contribution in [0.25, 0.3) is 11.1 Å². The number of amides is 1. The summed E-state index contributed by atoms with van der Waals surface area (Å²) in [5.74, 6) is 0.533. The maximum atomic E-state index is 12.1. The lowest BCUT2D eigenvalue weighted by molar-refractivity contribution is -0.134. The number of carbonyl (C=O) groups is 2. The Hall–Kier alpha value is -2.14. The minimum absolute atomic E-state index is 0.204. The van der Waals surface area contributed by atoms with Gasteiger partial charge in [-0.3, -0.25) is 9.59 Å². The normalized spacial score (nSPS) is 10.6. The number of rotatable bonds is 9. The molecule has 0 saturated heterocycles. The number of unbranched alkanes of at least 4 members (excludes halogenated alkanes) is 2. The van der Waals surface area contributed by atoms with Crippen molar-refractivity contribution < 1.29 is 14.3 Å². The Labute approximate surface area is 159 Å². The molecule has 1 heterocycles. The van der Waals surface area contributed by atoms with Gasteiger partial charge in [0, 0.05) is 24.8 Å². The molecule has 0 N–H and O–H groups in total. The molecule has 0 aliphatic rings. The molecular weight excluding hydrogens is 346 g/mol. The highest BCUT2D eigenvalue weighted by atomic mass is 32.1. The highest BCUT2D eigenvalue weighted by Crippen LogP contribution is 2.28. The standard InChI is InChI=1S/C21H27NO3S/c1-4-6-7-8-20(23)22(3)14-19-13-17(15-26-19)16-9-11-18(12-10-16)25-21(24)5-2/h9-13,15H,4-8,14H2,1-3H3. The first-order valence-corrected chi connectivity index (χ1v) is 10.0. The molecule has 26 heavy (non-hydrogen) atoms. The molecule has 0 unspecified atom stereocenters. The van der Waals surface area contributed by atoms with Crippen LogP contribution in [-0.4, -0.2) is 23.8 Å². The third-order valence-electron chi connectivity index (χ3n) is 4.17. The Morgan fingerprint density at radius 1 is 1.08 bits per heavy atom. The van der Waals surface area contributed by atoms with Gasteiger partial charge in [-0.15, -0.1) is 11.3 Å². The van der Waals surface area contributed by atoms with Crippen molar-refractivity contribution in [1.82, 2.24) is 4.90 Å². The Morgan fingerprint density at radius 2 is 1.81 bits per heavy atom. The largest absolute Gasteiger partial charge is 0.427 e. The number of nitrogens with zero attached hydrogens (tertiary/aromatic N) is 1. The van der Waals surface area contributed by atoms with Crippen molar-refractivity contribution in [3.63, 3.8) is 0 Å². The van der Waals surface area contributed by atoms with Crippen LogP contribution in [0.3, 0.4) is 0 Å². The number of esters is 1. The third-order valence-corrected chi connectivity index (χ3v) is 5.10. The molecule has 0 bridgehead atoms. The summed E-state index contributed by atoms with van der Waals surface area (Å²) in [4.78, 5) is 26.4. The first kappa shape index (κ1) is 20.2. The zero-order chi connectivity index (χ0) is 18.9. The molecule has 0 spiro atoms. The van der Waals surface area contributed by atoms with Gasteiger partial charge >= 0.3 is 5.97 Å². The van der Waals surface area contributed by atoms with Crippen molar-refractivity contribution in [3.05, 3.63) is 40.6 Å². The molecule has 2 rings (SSSR count). The van der Waals surface area contributed by atoms with Crippen LogP contribution in [0, 0.1) is 0 Å². The number of ether oxygens (including phenoxy) is 1. The molecule has 1 amide bonds. The molecule has 5 heteroatoms. The SMILES string of the molecule is CCCCCC(=O)N(C)Cc1cc(-c2ccc(OC(=O)CC)cc2)cs1. The summed E-state index contributed by atoms with van der Waals surface area (Å²) in [5, 5.41) is 2.10. The van der Waals surface area contributed by atoms with Crippen molar-refractivity contribution in [1.29, 1.82) is 0 Å². The lowest BCUT2D eigenvalue weighted by Crippen LogP contribution is -2.25. The van der Waals surface area contributed by atoms with E-state index in [2.05, 4.69) is 18.4 Å². The van der Waals surface area contributed by atoms with Crippen LogP contribution in [-0.2, 0) is 16.1 Å². The van der Waals surface area contributed by atoms with Gasteiger partial charge in [0.2, 0.25) is 5.91 Å². The minimum Gasteiger partial charge on any atom is -0.427 e. The van der Waals surface area contributed by atoms with Crippen LogP contribution in [0.5, 0.6) is 5.75 Å². The van der Waals surface area contributed by atoms with Crippen molar-refractivity contribution in [2.24, 2.45) is 0 Å². The number of hydrogen-bond donors (Lipinski definition) is 0. The molecule has 0 saturated carbocycles. The summed E-state index contributed by atoms with van der Waals surface area (Å²) in [6.07, 6.45) is 4.18. The van der Waals surface area contributed by atoms with E-state index in [1.54, 1.807) is 23.2 Å². The average Bonchev–Trinajstić information content (AvgIpc) is 3.10. The predicted octanol–water partition coefficient (Wildman–Crippen LogP) is 5.27. The highest BCUT2D eigenvalue weighted by molar-refractivity contribution is 7.10. The van der Waals surface area contributed by atoms with Gasteiger partial charge in [0.15, 0.2) is 0 Å². The predicted molar refractivity (Wildman–Crippen MR) is 106 cm³/mol. The van der Waals surface area contributed by atoms with E-state index in [-0.39, 0.29) is 11.9 Å². The van der Waals surface area contributed by atoms with E-state index in [1.165, 1.54) is 0 Å². The smallest absolute Gasteiger partial charge is 0.310 e. The lowest BCUT2D eigenvalue weighted by atomic mass is 10.1. The van der Waals surface area contributed by atoms with Crippen LogP contribution in [0.4, 0.5) is 0 Å². The Bertz CT molecular complexity index is 721. The molecule has 4 nitrogen and oxygen atoms in total. The van der Waals surface area contributed by atoms with Crippen molar-refractivity contribution in [2.45, 2.75) is 52.5 Å². The van der Waals surface area contributed by atoms with Gasteiger partial charge in [0.25, 0.3) is 0 Å². The Kier molecular flexibility index (Phi) is 7.85. The van der Waals surface area contributed by atoms with Crippen LogP contribution >= 0.6 is 11.3 Å². The molecule has 0 aliphatic heterocycles. The molecule has 140 valence electrons. The molecule has 1 aromatic carbocycles. The topological polar surface area (TPSA) is 46.6 Å². The van der Waals surface area contributed by atoms with Crippen LogP contribution in [0.1, 0.15) is 50.8 Å². The van der Waals surface area contributed by atoms with Crippen LogP contribution in [0.2, 0.25) is 0 Å². The fourth-order valence-corrected chi connectivity index (χ4v) is 3.52. The van der Waals surface area contributed by atoms with E-state index < -0.39 is 0 Å². The number of carbonyl (C=O) groups excluding carboxylic acids is 2. The molecule has 0 radical (unpaired) electrons. The Morgan fingerprint density at radius 3 is 2.46 bits per heavy atom. The summed E-state index contributed by atoms with van der Waals surface area (Å²) < 4.78 is 5.20. The second-order valence-corrected chi connectivity index (χ2v) is 7.36. The third kappa shape index (κ3) is 5.99. The monoisotopic (exact) mass is 373 g/mol. The average molecular weight is 374 g/mol. The Balaban J connectivity index is 1.94. The van der Waals surface area contributed by atoms with E-state index in [0.717, 1.165) is 35.3 Å². The molecule has 0 atom stereocenters. The van der Waals surface area contributed by atoms with E-state index in [1.807, 2.05) is 31.3 Å². The summed E-state index contributed by atoms with van der Waals surface area (Å²) in [6, 6.07) is 9.63. The number of thiophene rings is 1. The molecule has 1 aromatic heterocycles. The van der Waals surface area contributed by atoms with E-state index >= 15 is 0 Å². The maximum absolute atomic E-state index is 12.1. The van der Waals surface area contributed by atoms with Gasteiger partial charge in [0.05, 0.1) is 6.54 Å². The minimum atomic E-state index is -0.234. The fourth-order valence-electron chi connectivity index (χ4n) is 2.57. The van der Waals surface area contributed by atoms with E-state index in [4.69, 9.17) is 4.74 Å². The maximum Gasteiger partial charge on any atom is 0.310 e. The molecule has 0 fully saturated rings. The molecule has 2 aromatic rings. The lowest BCUT2D eigenvalue weighted by Gasteiger charge is -2.16. The zero-order valence-corrected chi connectivity index (χ0v) is 16.6. The summed E-state index contributed by atoms with van der Waals surface area (Å²) in [5.41, 5.74) is 2.19. The van der Waals surface area contributed by atoms with Crippen molar-refractivity contribution in [3.8, 4) is 16.9 Å². The second-order valence-electron chi connectivity index (χ2n) is 6.36. The van der Waals surface area contributed by atoms with Crippen molar-refractivity contribution >= 4 is 23.2 Å². The first-order valence-electron chi connectivity index (χ1n) is 9.16. The quantitative estimate of drug-likeness (QED) is 0.342. The van der Waals surface area contributed by atoms with Crippen LogP contribution < -0.4 is 4.74 Å². The number of hydrogen-bond acceptors (Lipinski definition) is 4. The second kappa shape index (κ2) is 10.1. The summed E-state index contributed by atoms with van der Waals surface area (Å²) in [7, 11) is 1.87. The van der Waals surface area contributed by atoms with Gasteiger partial charge in [-0.1, -0.05) is 38.8 Å². The fraction of sp³-hybridized carbons (Fsp3) is 0.429. The van der Waals surface area contributed by atoms with E-state index in [0.29, 0.717) is 25.1 Å². The summed E-state index contributed by atoms with van der Waals surface area (Å²) >= 11 is 1.66. The summed E-state index contributed by atoms with van der Waals surface area (Å²) in [6.45, 7) is 4.55. The van der Waals surface area contributed by atoms with E-state index in [9.17, 15) is 9.59 Å². The van der Waals surface area contributed by atoms with Gasteiger partial charge in [-0.25, -0.2) is 0 Å². The van der Waals surface area contributed by atoms with Crippen molar-refractivity contribution in [2.75, 3.05) is 7.05 Å².